The van der Waals surface area contributed by atoms with Gasteiger partial charge in [-0.05, 0) is 43.2 Å². The molecule has 3 N–H and O–H groups in total. The topological polar surface area (TPSA) is 109 Å². The van der Waals surface area contributed by atoms with E-state index in [2.05, 4.69) is 27.4 Å². The number of aliphatic hydroxyl groups excluding tert-OH is 1. The number of rotatable bonds is 10. The van der Waals surface area contributed by atoms with E-state index in [0.717, 1.165) is 16.8 Å². The van der Waals surface area contributed by atoms with E-state index >= 15 is 0 Å². The zero-order valence-electron chi connectivity index (χ0n) is 18.6. The molecule has 0 radical (unpaired) electrons. The van der Waals surface area contributed by atoms with Gasteiger partial charge in [-0.25, -0.2) is 0 Å². The Hall–Kier alpha value is -3.43. The van der Waals surface area contributed by atoms with E-state index in [4.69, 9.17) is 0 Å². The molecule has 1 aromatic heterocycles. The zero-order valence-corrected chi connectivity index (χ0v) is 19.4. The Morgan fingerprint density at radius 2 is 1.91 bits per heavy atom. The van der Waals surface area contributed by atoms with Gasteiger partial charge in [-0.3, -0.25) is 9.59 Å². The molecule has 3 rings (SSSR count). The van der Waals surface area contributed by atoms with Crippen LogP contribution in [0.25, 0.3) is 0 Å². The van der Waals surface area contributed by atoms with Gasteiger partial charge in [0.05, 0.1) is 12.4 Å². The third-order valence-corrected chi connectivity index (χ3v) is 6.07. The first-order valence-electron chi connectivity index (χ1n) is 10.4. The van der Waals surface area contributed by atoms with Gasteiger partial charge in [0.1, 0.15) is 6.04 Å². The molecule has 172 valence electrons. The minimum Gasteiger partial charge on any atom is -0.394 e. The Bertz CT molecular complexity index is 1130. The first-order valence-corrected chi connectivity index (χ1v) is 11.4. The zero-order chi connectivity index (χ0) is 23.8. The first-order chi connectivity index (χ1) is 15.9. The van der Waals surface area contributed by atoms with Gasteiger partial charge in [0.25, 0.3) is 5.91 Å². The summed E-state index contributed by atoms with van der Waals surface area (Å²) in [5.74, 6) is 0.0199. The van der Waals surface area contributed by atoms with Gasteiger partial charge in [0.2, 0.25) is 5.91 Å². The highest BCUT2D eigenvalue weighted by Gasteiger charge is 2.23. The van der Waals surface area contributed by atoms with Gasteiger partial charge in [-0.1, -0.05) is 48.2 Å². The fourth-order valence-corrected chi connectivity index (χ4v) is 3.95. The number of nitrogens with zero attached hydrogens (tertiary/aromatic N) is 3. The number of carbonyl (C=O) groups excluding carboxylic acids is 2. The van der Waals surface area contributed by atoms with E-state index in [9.17, 15) is 14.7 Å². The fourth-order valence-electron chi connectivity index (χ4n) is 3.19. The van der Waals surface area contributed by atoms with Crippen molar-refractivity contribution in [3.63, 3.8) is 0 Å². The van der Waals surface area contributed by atoms with E-state index < -0.39 is 6.04 Å². The molecule has 1 heterocycles. The van der Waals surface area contributed by atoms with Crippen LogP contribution in [0, 0.1) is 13.8 Å². The molecule has 2 amide bonds. The van der Waals surface area contributed by atoms with Crippen molar-refractivity contribution in [3.05, 3.63) is 83.7 Å². The van der Waals surface area contributed by atoms with Crippen LogP contribution >= 0.6 is 11.8 Å². The molecule has 0 fully saturated rings. The van der Waals surface area contributed by atoms with Crippen molar-refractivity contribution in [2.45, 2.75) is 31.6 Å². The number of hydrogen-bond acceptors (Lipinski definition) is 6. The molecule has 0 aliphatic rings. The number of aliphatic hydroxyl groups is 1. The second-order valence-electron chi connectivity index (χ2n) is 7.40. The lowest BCUT2D eigenvalue weighted by Gasteiger charge is -2.17. The van der Waals surface area contributed by atoms with Crippen molar-refractivity contribution >= 4 is 29.3 Å². The van der Waals surface area contributed by atoms with Gasteiger partial charge in [0.15, 0.2) is 11.0 Å². The third-order valence-electron chi connectivity index (χ3n) is 5.10. The van der Waals surface area contributed by atoms with E-state index in [-0.39, 0.29) is 24.2 Å². The van der Waals surface area contributed by atoms with E-state index in [0.29, 0.717) is 23.1 Å². The van der Waals surface area contributed by atoms with Crippen LogP contribution in [0.1, 0.15) is 33.4 Å². The molecule has 0 saturated carbocycles. The van der Waals surface area contributed by atoms with Gasteiger partial charge in [-0.15, -0.1) is 16.8 Å². The summed E-state index contributed by atoms with van der Waals surface area (Å²) < 4.78 is 1.73. The SMILES string of the molecule is C=CCn1c(SCC(=O)Nc2cccc(C)c2C)nnc1[C@H](CO)NC(=O)c1ccccc1. The highest BCUT2D eigenvalue weighted by atomic mass is 32.2. The summed E-state index contributed by atoms with van der Waals surface area (Å²) in [7, 11) is 0. The van der Waals surface area contributed by atoms with Crippen LogP contribution in [0.15, 0.2) is 66.3 Å². The maximum atomic E-state index is 12.5. The number of nitrogens with one attached hydrogen (secondary N) is 2. The van der Waals surface area contributed by atoms with Crippen molar-refractivity contribution < 1.29 is 14.7 Å². The molecule has 0 bridgehead atoms. The summed E-state index contributed by atoms with van der Waals surface area (Å²) in [5, 5.41) is 24.5. The van der Waals surface area contributed by atoms with E-state index in [1.165, 1.54) is 11.8 Å². The number of anilines is 1. The molecule has 0 aliphatic heterocycles. The molecule has 33 heavy (non-hydrogen) atoms. The number of benzene rings is 2. The monoisotopic (exact) mass is 465 g/mol. The molecule has 0 saturated heterocycles. The summed E-state index contributed by atoms with van der Waals surface area (Å²) in [6.07, 6.45) is 1.67. The van der Waals surface area contributed by atoms with Gasteiger partial charge in [-0.2, -0.15) is 0 Å². The number of amides is 2. The smallest absolute Gasteiger partial charge is 0.251 e. The summed E-state index contributed by atoms with van der Waals surface area (Å²) in [5.41, 5.74) is 3.37. The van der Waals surface area contributed by atoms with Crippen molar-refractivity contribution in [1.82, 2.24) is 20.1 Å². The largest absolute Gasteiger partial charge is 0.394 e. The van der Waals surface area contributed by atoms with Crippen LogP contribution < -0.4 is 10.6 Å². The van der Waals surface area contributed by atoms with Crippen LogP contribution in [0.2, 0.25) is 0 Å². The number of thioether (sulfide) groups is 1. The third kappa shape index (κ3) is 6.09. The fraction of sp³-hybridized carbons (Fsp3) is 0.250. The molecule has 0 aliphatic carbocycles. The standard InChI is InChI=1S/C24H27N5O3S/c1-4-13-29-22(20(14-30)26-23(32)18-10-6-5-7-11-18)27-28-24(29)33-15-21(31)25-19-12-8-9-16(2)17(19)3/h4-12,20,30H,1,13-15H2,2-3H3,(H,25,31)(H,26,32)/t20-/m0/s1. The Morgan fingerprint density at radius 3 is 2.61 bits per heavy atom. The summed E-state index contributed by atoms with van der Waals surface area (Å²) >= 11 is 1.22. The van der Waals surface area contributed by atoms with E-state index in [1.807, 2.05) is 38.1 Å². The Balaban J connectivity index is 1.71. The Labute approximate surface area is 197 Å². The molecular formula is C24H27N5O3S. The molecule has 0 spiro atoms. The van der Waals surface area contributed by atoms with Crippen LogP contribution in [-0.4, -0.2) is 44.0 Å². The number of allylic oxidation sites excluding steroid dienone is 1. The Kier molecular flexibility index (Phi) is 8.39. The maximum Gasteiger partial charge on any atom is 0.251 e. The summed E-state index contributed by atoms with van der Waals surface area (Å²) in [4.78, 5) is 25.1. The second-order valence-corrected chi connectivity index (χ2v) is 8.34. The molecule has 1 atom stereocenters. The predicted octanol–water partition coefficient (Wildman–Crippen LogP) is 3.28. The van der Waals surface area contributed by atoms with Gasteiger partial charge in [0, 0.05) is 17.8 Å². The molecule has 8 nitrogen and oxygen atoms in total. The summed E-state index contributed by atoms with van der Waals surface area (Å²) in [6, 6.07) is 13.7. The molecule has 2 aromatic carbocycles. The summed E-state index contributed by atoms with van der Waals surface area (Å²) in [6.45, 7) is 7.73. The van der Waals surface area contributed by atoms with Gasteiger partial charge >= 0.3 is 0 Å². The Morgan fingerprint density at radius 1 is 1.15 bits per heavy atom. The average molecular weight is 466 g/mol. The minimum absolute atomic E-state index is 0.128. The van der Waals surface area contributed by atoms with Crippen LogP contribution in [0.4, 0.5) is 5.69 Å². The minimum atomic E-state index is -0.761. The highest BCUT2D eigenvalue weighted by molar-refractivity contribution is 7.99. The predicted molar refractivity (Wildman–Crippen MR) is 129 cm³/mol. The van der Waals surface area contributed by atoms with Crippen molar-refractivity contribution in [2.24, 2.45) is 0 Å². The van der Waals surface area contributed by atoms with Gasteiger partial charge < -0.3 is 20.3 Å². The lowest BCUT2D eigenvalue weighted by Crippen LogP contribution is -2.33. The lowest BCUT2D eigenvalue weighted by atomic mass is 10.1. The molecule has 0 unspecified atom stereocenters. The van der Waals surface area contributed by atoms with Crippen molar-refractivity contribution in [1.29, 1.82) is 0 Å². The maximum absolute atomic E-state index is 12.5. The quantitative estimate of drug-likeness (QED) is 0.313. The van der Waals surface area contributed by atoms with Crippen molar-refractivity contribution in [2.75, 3.05) is 17.7 Å². The van der Waals surface area contributed by atoms with E-state index in [1.54, 1.807) is 34.9 Å². The average Bonchev–Trinajstić information content (AvgIpc) is 3.22. The first kappa shape index (κ1) is 24.2. The highest BCUT2D eigenvalue weighted by Crippen LogP contribution is 2.23. The number of hydrogen-bond donors (Lipinski definition) is 3. The number of aromatic nitrogens is 3. The molecule has 3 aromatic rings. The second kappa shape index (κ2) is 11.4. The number of aryl methyl sites for hydroxylation is 1. The van der Waals surface area contributed by atoms with Crippen LogP contribution in [-0.2, 0) is 11.3 Å². The van der Waals surface area contributed by atoms with Crippen LogP contribution in [0.5, 0.6) is 0 Å². The molecular weight excluding hydrogens is 438 g/mol. The molecule has 9 heteroatoms. The number of carbonyl (C=O) groups is 2. The normalized spacial score (nSPS) is 11.6. The lowest BCUT2D eigenvalue weighted by molar-refractivity contribution is -0.113. The van der Waals surface area contributed by atoms with Crippen LogP contribution in [0.3, 0.4) is 0 Å². The van der Waals surface area contributed by atoms with Crippen molar-refractivity contribution in [3.8, 4) is 0 Å².